The van der Waals surface area contributed by atoms with Crippen LogP contribution in [-0.2, 0) is 7.05 Å². The van der Waals surface area contributed by atoms with Crippen LogP contribution in [-0.4, -0.2) is 53.6 Å². The number of likely N-dealkylation sites (N-methyl/N-ethyl adjacent to an activating group) is 1. The zero-order valence-corrected chi connectivity index (χ0v) is 10.6. The topological polar surface area (TPSA) is 53.3 Å². The van der Waals surface area contributed by atoms with Crippen LogP contribution in [0.4, 0.5) is 0 Å². The normalized spacial score (nSPS) is 13.4. The largest absolute Gasteiger partial charge is 0.394 e. The number of hydrogen-bond acceptors (Lipinski definition) is 4. The number of aromatic nitrogens is 2. The fourth-order valence-corrected chi connectivity index (χ4v) is 1.59. The quantitative estimate of drug-likeness (QED) is 0.712. The molecule has 2 N–H and O–H groups in total. The molecule has 0 amide bonds. The molecule has 0 spiro atoms. The predicted octanol–water partition coefficient (Wildman–Crippen LogP) is -0.0869. The Morgan fingerprint density at radius 3 is 2.69 bits per heavy atom. The van der Waals surface area contributed by atoms with Crippen LogP contribution in [0, 0.1) is 6.92 Å². The molecule has 5 heteroatoms. The highest BCUT2D eigenvalue weighted by Crippen LogP contribution is 2.15. The lowest BCUT2D eigenvalue weighted by molar-refractivity contribution is 0.240. The van der Waals surface area contributed by atoms with Gasteiger partial charge in [0.15, 0.2) is 0 Å². The van der Waals surface area contributed by atoms with E-state index in [4.69, 9.17) is 0 Å². The Morgan fingerprint density at radius 1 is 1.56 bits per heavy atom. The molecule has 92 valence electrons. The third-order valence-electron chi connectivity index (χ3n) is 2.78. The molecule has 1 heterocycles. The van der Waals surface area contributed by atoms with Crippen LogP contribution in [0.1, 0.15) is 17.3 Å². The van der Waals surface area contributed by atoms with Gasteiger partial charge in [0, 0.05) is 31.4 Å². The van der Waals surface area contributed by atoms with Crippen LogP contribution in [0.25, 0.3) is 0 Å². The van der Waals surface area contributed by atoms with E-state index in [1.807, 2.05) is 38.9 Å². The molecule has 0 fully saturated rings. The molecule has 0 saturated heterocycles. The van der Waals surface area contributed by atoms with Crippen molar-refractivity contribution in [3.05, 3.63) is 17.5 Å². The summed E-state index contributed by atoms with van der Waals surface area (Å²) < 4.78 is 1.83. The maximum atomic E-state index is 9.37. The molecule has 0 aromatic carbocycles. The van der Waals surface area contributed by atoms with Gasteiger partial charge in [-0.3, -0.25) is 4.68 Å². The third kappa shape index (κ3) is 3.30. The van der Waals surface area contributed by atoms with E-state index in [0.717, 1.165) is 24.3 Å². The molecule has 1 aromatic heterocycles. The summed E-state index contributed by atoms with van der Waals surface area (Å²) in [7, 11) is 5.98. The van der Waals surface area contributed by atoms with Crippen LogP contribution in [0.3, 0.4) is 0 Å². The summed E-state index contributed by atoms with van der Waals surface area (Å²) in [5.74, 6) is 0. The lowest BCUT2D eigenvalue weighted by Gasteiger charge is -2.17. The van der Waals surface area contributed by atoms with Gasteiger partial charge >= 0.3 is 0 Å². The van der Waals surface area contributed by atoms with Gasteiger partial charge in [-0.05, 0) is 21.0 Å². The number of nitrogens with one attached hydrogen (secondary N) is 1. The van der Waals surface area contributed by atoms with E-state index in [9.17, 15) is 5.11 Å². The number of nitrogens with zero attached hydrogens (tertiary/aromatic N) is 3. The fraction of sp³-hybridized carbons (Fsp3) is 0.727. The fourth-order valence-electron chi connectivity index (χ4n) is 1.59. The monoisotopic (exact) mass is 226 g/mol. The summed E-state index contributed by atoms with van der Waals surface area (Å²) in [4.78, 5) is 2.11. The van der Waals surface area contributed by atoms with E-state index in [1.54, 1.807) is 0 Å². The van der Waals surface area contributed by atoms with Gasteiger partial charge in [0.05, 0.1) is 18.8 Å². The minimum atomic E-state index is -0.0198. The van der Waals surface area contributed by atoms with Crippen molar-refractivity contribution in [3.8, 4) is 0 Å². The highest BCUT2D eigenvalue weighted by Gasteiger charge is 2.14. The van der Waals surface area contributed by atoms with Crippen LogP contribution in [0.15, 0.2) is 6.20 Å². The Morgan fingerprint density at radius 2 is 2.25 bits per heavy atom. The van der Waals surface area contributed by atoms with Crippen LogP contribution < -0.4 is 5.32 Å². The highest BCUT2D eigenvalue weighted by atomic mass is 16.3. The van der Waals surface area contributed by atoms with Crippen LogP contribution in [0.2, 0.25) is 0 Å². The second kappa shape index (κ2) is 5.98. The van der Waals surface area contributed by atoms with Gasteiger partial charge in [-0.1, -0.05) is 0 Å². The minimum Gasteiger partial charge on any atom is -0.394 e. The standard InChI is InChI=1S/C11H22N4O/c1-9-10(7-13-15(9)4)11(8-16)12-5-6-14(2)3/h7,11-12,16H,5-6,8H2,1-4H3. The first kappa shape index (κ1) is 13.2. The maximum absolute atomic E-state index is 9.37. The van der Waals surface area contributed by atoms with Gasteiger partial charge in [0.2, 0.25) is 0 Å². The van der Waals surface area contributed by atoms with Gasteiger partial charge in [-0.25, -0.2) is 0 Å². The third-order valence-corrected chi connectivity index (χ3v) is 2.78. The zero-order valence-electron chi connectivity index (χ0n) is 10.6. The molecule has 0 saturated carbocycles. The molecule has 1 rings (SSSR count). The molecule has 1 unspecified atom stereocenters. The van der Waals surface area contributed by atoms with E-state index in [0.29, 0.717) is 0 Å². The molecule has 16 heavy (non-hydrogen) atoms. The Kier molecular flexibility index (Phi) is 4.92. The lowest BCUT2D eigenvalue weighted by Crippen LogP contribution is -2.31. The Balaban J connectivity index is 2.57. The van der Waals surface area contributed by atoms with Gasteiger partial charge in [0.1, 0.15) is 0 Å². The number of aliphatic hydroxyl groups excluding tert-OH is 1. The molecule has 0 aliphatic rings. The summed E-state index contributed by atoms with van der Waals surface area (Å²) >= 11 is 0. The molecular weight excluding hydrogens is 204 g/mol. The number of rotatable bonds is 6. The molecular formula is C11H22N4O. The van der Waals surface area contributed by atoms with Crippen LogP contribution in [0.5, 0.6) is 0 Å². The molecule has 1 aromatic rings. The molecule has 5 nitrogen and oxygen atoms in total. The summed E-state index contributed by atoms with van der Waals surface area (Å²) in [6.07, 6.45) is 1.82. The second-order valence-corrected chi connectivity index (χ2v) is 4.30. The van der Waals surface area contributed by atoms with Crippen molar-refractivity contribution >= 4 is 0 Å². The SMILES string of the molecule is Cc1c(C(CO)NCCN(C)C)cnn1C. The summed E-state index contributed by atoms with van der Waals surface area (Å²) in [6, 6.07) is -0.0198. The van der Waals surface area contributed by atoms with Crippen molar-refractivity contribution in [2.75, 3.05) is 33.8 Å². The number of aliphatic hydroxyl groups is 1. The van der Waals surface area contributed by atoms with Crippen molar-refractivity contribution in [2.24, 2.45) is 7.05 Å². The highest BCUT2D eigenvalue weighted by molar-refractivity contribution is 5.20. The summed E-state index contributed by atoms with van der Waals surface area (Å²) in [5.41, 5.74) is 2.17. The molecule has 0 aliphatic heterocycles. The summed E-state index contributed by atoms with van der Waals surface area (Å²) in [5, 5.41) is 16.9. The van der Waals surface area contributed by atoms with Crippen molar-refractivity contribution in [2.45, 2.75) is 13.0 Å². The predicted molar refractivity (Wildman–Crippen MR) is 64.3 cm³/mol. The van der Waals surface area contributed by atoms with Crippen molar-refractivity contribution in [3.63, 3.8) is 0 Å². The summed E-state index contributed by atoms with van der Waals surface area (Å²) in [6.45, 7) is 3.92. The van der Waals surface area contributed by atoms with Gasteiger partial charge < -0.3 is 15.3 Å². The zero-order chi connectivity index (χ0) is 12.1. The Bertz CT molecular complexity index is 322. The van der Waals surface area contributed by atoms with Crippen molar-refractivity contribution < 1.29 is 5.11 Å². The Labute approximate surface area is 97.1 Å². The number of aryl methyl sites for hydroxylation is 1. The first-order valence-electron chi connectivity index (χ1n) is 5.53. The average molecular weight is 226 g/mol. The number of hydrogen-bond donors (Lipinski definition) is 2. The van der Waals surface area contributed by atoms with Crippen LogP contribution >= 0.6 is 0 Å². The van der Waals surface area contributed by atoms with Crippen molar-refractivity contribution in [1.29, 1.82) is 0 Å². The Hall–Kier alpha value is -0.910. The van der Waals surface area contributed by atoms with E-state index in [-0.39, 0.29) is 12.6 Å². The molecule has 1 atom stereocenters. The minimum absolute atomic E-state index is 0.0198. The van der Waals surface area contributed by atoms with E-state index < -0.39 is 0 Å². The first-order valence-corrected chi connectivity index (χ1v) is 5.53. The maximum Gasteiger partial charge on any atom is 0.0627 e. The van der Waals surface area contributed by atoms with Gasteiger partial charge in [-0.2, -0.15) is 5.10 Å². The van der Waals surface area contributed by atoms with Crippen molar-refractivity contribution in [1.82, 2.24) is 20.0 Å². The van der Waals surface area contributed by atoms with E-state index in [1.165, 1.54) is 0 Å². The van der Waals surface area contributed by atoms with E-state index in [2.05, 4.69) is 15.3 Å². The molecule has 0 aliphatic carbocycles. The van der Waals surface area contributed by atoms with E-state index >= 15 is 0 Å². The van der Waals surface area contributed by atoms with Gasteiger partial charge in [0.25, 0.3) is 0 Å². The first-order chi connectivity index (χ1) is 7.56. The molecule has 0 bridgehead atoms. The lowest BCUT2D eigenvalue weighted by atomic mass is 10.1. The smallest absolute Gasteiger partial charge is 0.0627 e. The second-order valence-electron chi connectivity index (χ2n) is 4.30. The average Bonchev–Trinajstić information content (AvgIpc) is 2.55. The molecule has 0 radical (unpaired) electrons. The van der Waals surface area contributed by atoms with Gasteiger partial charge in [-0.15, -0.1) is 0 Å².